The van der Waals surface area contributed by atoms with Crippen molar-refractivity contribution in [2.75, 3.05) is 0 Å². The SMILES string of the molecule is Cc1cnc2c(c1)CCC/C2=N/O. The van der Waals surface area contributed by atoms with E-state index >= 15 is 0 Å². The van der Waals surface area contributed by atoms with Gasteiger partial charge in [0, 0.05) is 6.20 Å². The van der Waals surface area contributed by atoms with Gasteiger partial charge in [-0.3, -0.25) is 4.98 Å². The summed E-state index contributed by atoms with van der Waals surface area (Å²) in [6.07, 6.45) is 4.75. The highest BCUT2D eigenvalue weighted by molar-refractivity contribution is 6.00. The van der Waals surface area contributed by atoms with E-state index in [0.29, 0.717) is 0 Å². The van der Waals surface area contributed by atoms with Crippen LogP contribution in [0.3, 0.4) is 0 Å². The monoisotopic (exact) mass is 176 g/mol. The molecular weight excluding hydrogens is 164 g/mol. The summed E-state index contributed by atoms with van der Waals surface area (Å²) < 4.78 is 0. The van der Waals surface area contributed by atoms with E-state index in [4.69, 9.17) is 5.21 Å². The molecule has 0 spiro atoms. The van der Waals surface area contributed by atoms with Crippen LogP contribution in [0.4, 0.5) is 0 Å². The van der Waals surface area contributed by atoms with Crippen LogP contribution in [-0.4, -0.2) is 15.9 Å². The molecular formula is C10H12N2O. The highest BCUT2D eigenvalue weighted by atomic mass is 16.4. The lowest BCUT2D eigenvalue weighted by Crippen LogP contribution is -2.14. The zero-order valence-electron chi connectivity index (χ0n) is 7.62. The first-order valence-electron chi connectivity index (χ1n) is 4.48. The van der Waals surface area contributed by atoms with E-state index < -0.39 is 0 Å². The van der Waals surface area contributed by atoms with E-state index in [2.05, 4.69) is 16.2 Å². The Hall–Kier alpha value is -1.38. The number of fused-ring (bicyclic) bond motifs is 1. The average molecular weight is 176 g/mol. The topological polar surface area (TPSA) is 45.5 Å². The summed E-state index contributed by atoms with van der Waals surface area (Å²) in [5, 5.41) is 12.0. The van der Waals surface area contributed by atoms with Crippen LogP contribution in [0.2, 0.25) is 0 Å². The second-order valence-electron chi connectivity index (χ2n) is 3.42. The molecule has 0 unspecified atom stereocenters. The molecule has 1 heterocycles. The Morgan fingerprint density at radius 2 is 2.31 bits per heavy atom. The van der Waals surface area contributed by atoms with Gasteiger partial charge >= 0.3 is 0 Å². The second kappa shape index (κ2) is 3.17. The van der Waals surface area contributed by atoms with Gasteiger partial charge in [0.2, 0.25) is 0 Å². The molecule has 0 bridgehead atoms. The zero-order chi connectivity index (χ0) is 9.26. The fourth-order valence-corrected chi connectivity index (χ4v) is 1.74. The molecule has 0 saturated heterocycles. The van der Waals surface area contributed by atoms with Gasteiger partial charge in [-0.15, -0.1) is 0 Å². The lowest BCUT2D eigenvalue weighted by molar-refractivity contribution is 0.317. The normalized spacial score (nSPS) is 18.7. The number of aromatic nitrogens is 1. The third kappa shape index (κ3) is 1.41. The van der Waals surface area contributed by atoms with Gasteiger partial charge in [0.1, 0.15) is 5.71 Å². The van der Waals surface area contributed by atoms with Crippen LogP contribution < -0.4 is 0 Å². The molecule has 0 saturated carbocycles. The maximum absolute atomic E-state index is 8.76. The quantitative estimate of drug-likeness (QED) is 0.484. The third-order valence-corrected chi connectivity index (χ3v) is 2.36. The van der Waals surface area contributed by atoms with Crippen LogP contribution in [0, 0.1) is 6.92 Å². The number of pyridine rings is 1. The molecule has 1 aliphatic carbocycles. The molecule has 1 aliphatic rings. The molecule has 3 nitrogen and oxygen atoms in total. The summed E-state index contributed by atoms with van der Waals surface area (Å²) in [4.78, 5) is 4.28. The highest BCUT2D eigenvalue weighted by Crippen LogP contribution is 2.20. The molecule has 1 aromatic heterocycles. The van der Waals surface area contributed by atoms with Crippen molar-refractivity contribution in [3.8, 4) is 0 Å². The summed E-state index contributed by atoms with van der Waals surface area (Å²) in [5.74, 6) is 0. The van der Waals surface area contributed by atoms with Gasteiger partial charge in [-0.05, 0) is 37.3 Å². The van der Waals surface area contributed by atoms with Gasteiger partial charge in [0.15, 0.2) is 0 Å². The summed E-state index contributed by atoms with van der Waals surface area (Å²) in [6, 6.07) is 2.12. The van der Waals surface area contributed by atoms with Crippen molar-refractivity contribution in [3.63, 3.8) is 0 Å². The Bertz CT molecular complexity index is 358. The lowest BCUT2D eigenvalue weighted by Gasteiger charge is -2.15. The third-order valence-electron chi connectivity index (χ3n) is 2.36. The molecule has 1 aromatic rings. The van der Waals surface area contributed by atoms with Crippen molar-refractivity contribution in [2.24, 2.45) is 5.16 Å². The predicted molar refractivity (Wildman–Crippen MR) is 50.2 cm³/mol. The van der Waals surface area contributed by atoms with Crippen molar-refractivity contribution in [1.29, 1.82) is 0 Å². The Kier molecular flexibility index (Phi) is 2.00. The van der Waals surface area contributed by atoms with Crippen LogP contribution in [0.1, 0.15) is 29.7 Å². The number of hydrogen-bond donors (Lipinski definition) is 1. The minimum atomic E-state index is 0.723. The molecule has 0 atom stereocenters. The van der Waals surface area contributed by atoms with Crippen LogP contribution in [0.5, 0.6) is 0 Å². The van der Waals surface area contributed by atoms with Crippen molar-refractivity contribution >= 4 is 5.71 Å². The molecule has 3 heteroatoms. The zero-order valence-corrected chi connectivity index (χ0v) is 7.62. The minimum absolute atomic E-state index is 0.723. The van der Waals surface area contributed by atoms with E-state index in [-0.39, 0.29) is 0 Å². The standard InChI is InChI=1S/C10H12N2O/c1-7-5-8-3-2-4-9(12-13)10(8)11-6-7/h5-6,13H,2-4H2,1H3/b12-9-. The molecule has 2 rings (SSSR count). The molecule has 13 heavy (non-hydrogen) atoms. The van der Waals surface area contributed by atoms with E-state index in [9.17, 15) is 0 Å². The van der Waals surface area contributed by atoms with Gasteiger partial charge in [-0.2, -0.15) is 0 Å². The molecule has 0 fully saturated rings. The molecule has 0 amide bonds. The highest BCUT2D eigenvalue weighted by Gasteiger charge is 2.16. The summed E-state index contributed by atoms with van der Waals surface area (Å²) in [5.41, 5.74) is 3.97. The fourth-order valence-electron chi connectivity index (χ4n) is 1.74. The molecule has 1 N–H and O–H groups in total. The van der Waals surface area contributed by atoms with Crippen molar-refractivity contribution in [3.05, 3.63) is 29.1 Å². The Morgan fingerprint density at radius 3 is 3.08 bits per heavy atom. The van der Waals surface area contributed by atoms with Gasteiger partial charge in [0.05, 0.1) is 5.69 Å². The number of oxime groups is 1. The Labute approximate surface area is 77.1 Å². The van der Waals surface area contributed by atoms with Crippen LogP contribution in [-0.2, 0) is 6.42 Å². The molecule has 68 valence electrons. The van der Waals surface area contributed by atoms with E-state index in [0.717, 1.165) is 36.2 Å². The van der Waals surface area contributed by atoms with Gasteiger partial charge in [0.25, 0.3) is 0 Å². The number of hydrogen-bond acceptors (Lipinski definition) is 3. The molecule has 0 radical (unpaired) electrons. The number of nitrogens with zero attached hydrogens (tertiary/aromatic N) is 2. The van der Waals surface area contributed by atoms with Gasteiger partial charge < -0.3 is 5.21 Å². The van der Waals surface area contributed by atoms with Crippen molar-refractivity contribution in [2.45, 2.75) is 26.2 Å². The second-order valence-corrected chi connectivity index (χ2v) is 3.42. The maximum atomic E-state index is 8.76. The summed E-state index contributed by atoms with van der Waals surface area (Å²) >= 11 is 0. The van der Waals surface area contributed by atoms with E-state index in [1.807, 2.05) is 13.1 Å². The molecule has 0 aliphatic heterocycles. The van der Waals surface area contributed by atoms with Crippen LogP contribution >= 0.6 is 0 Å². The van der Waals surface area contributed by atoms with Crippen LogP contribution in [0.15, 0.2) is 17.4 Å². The van der Waals surface area contributed by atoms with Gasteiger partial charge in [-0.1, -0.05) is 11.2 Å². The number of aryl methyl sites for hydroxylation is 2. The van der Waals surface area contributed by atoms with Crippen LogP contribution in [0.25, 0.3) is 0 Å². The van der Waals surface area contributed by atoms with Gasteiger partial charge in [-0.25, -0.2) is 0 Å². The van der Waals surface area contributed by atoms with E-state index in [1.165, 1.54) is 5.56 Å². The van der Waals surface area contributed by atoms with Crippen molar-refractivity contribution < 1.29 is 5.21 Å². The number of rotatable bonds is 0. The minimum Gasteiger partial charge on any atom is -0.411 e. The lowest BCUT2D eigenvalue weighted by atomic mass is 9.94. The molecule has 0 aromatic carbocycles. The first kappa shape index (κ1) is 8.23. The predicted octanol–water partition coefficient (Wildman–Crippen LogP) is 1.90. The Morgan fingerprint density at radius 1 is 1.46 bits per heavy atom. The maximum Gasteiger partial charge on any atom is 0.105 e. The van der Waals surface area contributed by atoms with Crippen molar-refractivity contribution in [1.82, 2.24) is 4.98 Å². The average Bonchev–Trinajstić information content (AvgIpc) is 2.16. The van der Waals surface area contributed by atoms with E-state index in [1.54, 1.807) is 0 Å². The smallest absolute Gasteiger partial charge is 0.105 e. The largest absolute Gasteiger partial charge is 0.411 e. The summed E-state index contributed by atoms with van der Waals surface area (Å²) in [6.45, 7) is 2.03. The Balaban J connectivity index is 2.52. The first-order chi connectivity index (χ1) is 6.31. The summed E-state index contributed by atoms with van der Waals surface area (Å²) in [7, 11) is 0. The fraction of sp³-hybridized carbons (Fsp3) is 0.400. The first-order valence-corrected chi connectivity index (χ1v) is 4.48.